The molecule has 3 rings (SSSR count). The zero-order valence-electron chi connectivity index (χ0n) is 13.3. The first-order chi connectivity index (χ1) is 11.0. The van der Waals surface area contributed by atoms with E-state index in [4.69, 9.17) is 0 Å². The summed E-state index contributed by atoms with van der Waals surface area (Å²) in [5.41, 5.74) is 1.13. The van der Waals surface area contributed by atoms with Gasteiger partial charge in [-0.05, 0) is 25.6 Å². The summed E-state index contributed by atoms with van der Waals surface area (Å²) in [4.78, 5) is 6.54. The molecule has 1 fully saturated rings. The van der Waals surface area contributed by atoms with Crippen molar-refractivity contribution >= 4 is 10.0 Å². The largest absolute Gasteiger partial charge is 0.296 e. The number of rotatable bonds is 6. The molecule has 2 aromatic heterocycles. The van der Waals surface area contributed by atoms with Gasteiger partial charge in [0.1, 0.15) is 4.90 Å². The summed E-state index contributed by atoms with van der Waals surface area (Å²) in [6.07, 6.45) is 6.59. The number of likely N-dealkylation sites (N-methyl/N-ethyl adjacent to an activating group) is 1. The number of hydrogen-bond acceptors (Lipinski definition) is 5. The fraction of sp³-hybridized carbons (Fsp3) is 0.467. The Balaban J connectivity index is 1.59. The van der Waals surface area contributed by atoms with Gasteiger partial charge in [-0.1, -0.05) is 6.07 Å². The summed E-state index contributed by atoms with van der Waals surface area (Å²) < 4.78 is 28.2. The molecule has 0 amide bonds. The fourth-order valence-electron chi connectivity index (χ4n) is 2.60. The Kier molecular flexibility index (Phi) is 4.47. The molecule has 0 aromatic carbocycles. The molecule has 0 unspecified atom stereocenters. The monoisotopic (exact) mass is 335 g/mol. The lowest BCUT2D eigenvalue weighted by Gasteiger charge is -2.42. The molecule has 3 heterocycles. The predicted octanol–water partition coefficient (Wildman–Crippen LogP) is 0.803. The van der Waals surface area contributed by atoms with Crippen molar-refractivity contribution in [2.24, 2.45) is 0 Å². The van der Waals surface area contributed by atoms with Crippen LogP contribution in [-0.2, 0) is 23.1 Å². The van der Waals surface area contributed by atoms with Gasteiger partial charge in [0.25, 0.3) is 0 Å². The fourth-order valence-corrected chi connectivity index (χ4v) is 4.07. The maximum absolute atomic E-state index is 12.5. The lowest BCUT2D eigenvalue weighted by Crippen LogP contribution is -2.59. The Hall–Kier alpha value is -1.77. The van der Waals surface area contributed by atoms with Gasteiger partial charge in [-0.3, -0.25) is 14.6 Å². The van der Waals surface area contributed by atoms with E-state index in [2.05, 4.69) is 15.0 Å². The Morgan fingerprint density at radius 1 is 1.35 bits per heavy atom. The molecule has 0 bridgehead atoms. The lowest BCUT2D eigenvalue weighted by atomic mass is 10.1. The molecule has 0 atom stereocenters. The number of nitrogens with zero attached hydrogens (tertiary/aromatic N) is 5. The van der Waals surface area contributed by atoms with Crippen LogP contribution >= 0.6 is 0 Å². The second-order valence-electron chi connectivity index (χ2n) is 5.78. The summed E-state index contributed by atoms with van der Waals surface area (Å²) in [5.74, 6) is 0. The van der Waals surface area contributed by atoms with Gasteiger partial charge in [0.15, 0.2) is 0 Å². The molecular weight excluding hydrogens is 314 g/mol. The van der Waals surface area contributed by atoms with Gasteiger partial charge < -0.3 is 0 Å². The van der Waals surface area contributed by atoms with Gasteiger partial charge in [0, 0.05) is 50.8 Å². The zero-order chi connectivity index (χ0) is 16.4. The van der Waals surface area contributed by atoms with Crippen molar-refractivity contribution in [1.82, 2.24) is 24.0 Å². The third-order valence-electron chi connectivity index (χ3n) is 4.18. The maximum atomic E-state index is 12.5. The second-order valence-corrected chi connectivity index (χ2v) is 7.72. The summed E-state index contributed by atoms with van der Waals surface area (Å²) in [7, 11) is -1.41. The predicted molar refractivity (Wildman–Crippen MR) is 86.2 cm³/mol. The third kappa shape index (κ3) is 3.29. The van der Waals surface area contributed by atoms with Crippen molar-refractivity contribution in [3.8, 4) is 0 Å². The number of hydrogen-bond donors (Lipinski definition) is 0. The quantitative estimate of drug-likeness (QED) is 0.781. The molecule has 8 heteroatoms. The Bertz CT molecular complexity index is 753. The number of aromatic nitrogens is 3. The first kappa shape index (κ1) is 16.1. The summed E-state index contributed by atoms with van der Waals surface area (Å²) in [6, 6.07) is 4.16. The van der Waals surface area contributed by atoms with Crippen molar-refractivity contribution in [3.63, 3.8) is 0 Å². The van der Waals surface area contributed by atoms with E-state index in [0.29, 0.717) is 19.6 Å². The van der Waals surface area contributed by atoms with Gasteiger partial charge in [-0.2, -0.15) is 9.40 Å². The summed E-state index contributed by atoms with van der Waals surface area (Å²) >= 11 is 0. The number of sulfonamides is 1. The first-order valence-corrected chi connectivity index (χ1v) is 9.06. The van der Waals surface area contributed by atoms with E-state index in [1.807, 2.05) is 32.3 Å². The van der Waals surface area contributed by atoms with E-state index in [1.54, 1.807) is 17.1 Å². The van der Waals surface area contributed by atoms with E-state index in [-0.39, 0.29) is 10.9 Å². The highest BCUT2D eigenvalue weighted by Crippen LogP contribution is 2.24. The maximum Gasteiger partial charge on any atom is 0.246 e. The molecule has 0 N–H and O–H groups in total. The van der Waals surface area contributed by atoms with E-state index in [0.717, 1.165) is 12.1 Å². The van der Waals surface area contributed by atoms with E-state index in [1.165, 1.54) is 10.5 Å². The molecule has 0 aliphatic carbocycles. The van der Waals surface area contributed by atoms with Crippen molar-refractivity contribution in [1.29, 1.82) is 0 Å². The highest BCUT2D eigenvalue weighted by atomic mass is 32.2. The molecule has 2 aromatic rings. The molecule has 0 radical (unpaired) electrons. The van der Waals surface area contributed by atoms with Crippen LogP contribution < -0.4 is 0 Å². The van der Waals surface area contributed by atoms with Crippen molar-refractivity contribution in [2.45, 2.75) is 31.0 Å². The van der Waals surface area contributed by atoms with E-state index < -0.39 is 10.0 Å². The molecule has 23 heavy (non-hydrogen) atoms. The van der Waals surface area contributed by atoms with E-state index in [9.17, 15) is 8.42 Å². The molecule has 1 saturated heterocycles. The van der Waals surface area contributed by atoms with Crippen molar-refractivity contribution in [3.05, 3.63) is 42.5 Å². The van der Waals surface area contributed by atoms with Crippen LogP contribution in [0.15, 0.2) is 41.8 Å². The highest BCUT2D eigenvalue weighted by molar-refractivity contribution is 7.89. The van der Waals surface area contributed by atoms with Crippen LogP contribution in [0.4, 0.5) is 0 Å². The second kappa shape index (κ2) is 6.38. The van der Waals surface area contributed by atoms with Gasteiger partial charge in [0.2, 0.25) is 10.0 Å². The SMILES string of the molecule is CCn1cc(S(=O)(=O)N2CC(N(C)Cc3cccnc3)C2)cn1. The Labute approximate surface area is 136 Å². The van der Waals surface area contributed by atoms with Crippen LogP contribution in [0.2, 0.25) is 0 Å². The van der Waals surface area contributed by atoms with Gasteiger partial charge in [-0.25, -0.2) is 8.42 Å². The minimum atomic E-state index is -3.42. The Morgan fingerprint density at radius 2 is 2.13 bits per heavy atom. The van der Waals surface area contributed by atoms with Gasteiger partial charge in [-0.15, -0.1) is 0 Å². The van der Waals surface area contributed by atoms with Crippen molar-refractivity contribution in [2.75, 3.05) is 20.1 Å². The van der Waals surface area contributed by atoms with Gasteiger partial charge in [0.05, 0.1) is 6.20 Å². The average Bonchev–Trinajstić information content (AvgIpc) is 2.96. The zero-order valence-corrected chi connectivity index (χ0v) is 14.1. The van der Waals surface area contributed by atoms with Crippen LogP contribution in [0.1, 0.15) is 12.5 Å². The lowest BCUT2D eigenvalue weighted by molar-refractivity contribution is 0.105. The molecule has 0 saturated carbocycles. The summed E-state index contributed by atoms with van der Waals surface area (Å²) in [5, 5.41) is 4.05. The standard InChI is InChI=1S/C15H21N5O2S/c1-3-19-12-15(8-17-19)23(21,22)20-10-14(11-20)18(2)9-13-5-4-6-16-7-13/h4-8,12,14H,3,9-11H2,1-2H3. The van der Waals surface area contributed by atoms with Crippen LogP contribution in [0.25, 0.3) is 0 Å². The minimum absolute atomic E-state index is 0.228. The molecule has 7 nitrogen and oxygen atoms in total. The smallest absolute Gasteiger partial charge is 0.246 e. The van der Waals surface area contributed by atoms with Crippen LogP contribution in [0.3, 0.4) is 0 Å². The van der Waals surface area contributed by atoms with Crippen LogP contribution in [0, 0.1) is 0 Å². The number of aryl methyl sites for hydroxylation is 1. The minimum Gasteiger partial charge on any atom is -0.296 e. The number of pyridine rings is 1. The van der Waals surface area contributed by atoms with Crippen LogP contribution in [0.5, 0.6) is 0 Å². The third-order valence-corrected chi connectivity index (χ3v) is 5.96. The van der Waals surface area contributed by atoms with Crippen LogP contribution in [-0.4, -0.2) is 58.6 Å². The molecule has 0 spiro atoms. The molecule has 1 aliphatic heterocycles. The highest BCUT2D eigenvalue weighted by Gasteiger charge is 2.39. The molecule has 1 aliphatic rings. The molecular formula is C15H21N5O2S. The first-order valence-electron chi connectivity index (χ1n) is 7.62. The van der Waals surface area contributed by atoms with Gasteiger partial charge >= 0.3 is 0 Å². The average molecular weight is 335 g/mol. The van der Waals surface area contributed by atoms with E-state index >= 15 is 0 Å². The summed E-state index contributed by atoms with van der Waals surface area (Å²) in [6.45, 7) is 4.37. The Morgan fingerprint density at radius 3 is 2.74 bits per heavy atom. The van der Waals surface area contributed by atoms with Crippen molar-refractivity contribution < 1.29 is 8.42 Å². The topological polar surface area (TPSA) is 71.3 Å². The normalized spacial score (nSPS) is 16.7. The molecule has 124 valence electrons.